The molecule has 250 valence electrons. The predicted molar refractivity (Wildman–Crippen MR) is 174 cm³/mol. The first-order valence-corrected chi connectivity index (χ1v) is 15.7. The Balaban J connectivity index is 1.62. The average Bonchev–Trinajstić information content (AvgIpc) is 3.44. The Bertz CT molecular complexity index is 1630. The van der Waals surface area contributed by atoms with Crippen LogP contribution in [0.15, 0.2) is 78.9 Å². The molecule has 0 unspecified atom stereocenters. The summed E-state index contributed by atoms with van der Waals surface area (Å²) in [5, 5.41) is 6.17. The normalized spacial score (nSPS) is 13.4. The number of hydrogen-bond donors (Lipinski definition) is 1. The summed E-state index contributed by atoms with van der Waals surface area (Å²) in [5.74, 6) is -1.92. The van der Waals surface area contributed by atoms with Gasteiger partial charge in [0.2, 0.25) is 0 Å². The monoisotopic (exact) mass is 669 g/mol. The number of hydrogen-bond acceptors (Lipinski definition) is 5. The minimum Gasteiger partial charge on any atom is -0.445 e. The summed E-state index contributed by atoms with van der Waals surface area (Å²) in [6.07, 6.45) is -2.01. The maximum Gasteiger partial charge on any atom is 0.407 e. The van der Waals surface area contributed by atoms with Crippen LogP contribution >= 0.6 is 11.6 Å². The summed E-state index contributed by atoms with van der Waals surface area (Å²) in [5.41, 5.74) is 0.767. The third kappa shape index (κ3) is 9.57. The van der Waals surface area contributed by atoms with E-state index < -0.39 is 46.6 Å². The van der Waals surface area contributed by atoms with Crippen molar-refractivity contribution < 1.29 is 27.5 Å². The molecule has 0 aliphatic rings. The van der Waals surface area contributed by atoms with Crippen molar-refractivity contribution in [2.45, 2.75) is 59.5 Å². The van der Waals surface area contributed by atoms with E-state index in [0.29, 0.717) is 6.42 Å². The van der Waals surface area contributed by atoms with Gasteiger partial charge in [-0.25, -0.2) is 27.6 Å². The number of rotatable bonds is 13. The average molecular weight is 670 g/mol. The first kappa shape index (κ1) is 35.5. The lowest BCUT2D eigenvalue weighted by molar-refractivity contribution is 0.0855. The van der Waals surface area contributed by atoms with Crippen molar-refractivity contribution in [2.75, 3.05) is 13.1 Å². The highest BCUT2D eigenvalue weighted by atomic mass is 35.5. The third-order valence-corrected chi connectivity index (χ3v) is 7.99. The molecule has 12 heteroatoms. The molecule has 3 atom stereocenters. The van der Waals surface area contributed by atoms with Gasteiger partial charge in [0.05, 0.1) is 24.7 Å². The number of aromatic nitrogens is 3. The molecular formula is C35H39ClF3N5O3. The van der Waals surface area contributed by atoms with E-state index >= 15 is 4.39 Å². The van der Waals surface area contributed by atoms with Crippen LogP contribution in [0.2, 0.25) is 0 Å². The molecule has 3 aromatic carbocycles. The van der Waals surface area contributed by atoms with Gasteiger partial charge in [-0.05, 0) is 52.8 Å². The van der Waals surface area contributed by atoms with Gasteiger partial charge in [0.25, 0.3) is 0 Å². The highest BCUT2D eigenvalue weighted by molar-refractivity contribution is 6.62. The van der Waals surface area contributed by atoms with Crippen LogP contribution in [0.5, 0.6) is 0 Å². The summed E-state index contributed by atoms with van der Waals surface area (Å²) < 4.78 is 51.5. The molecule has 0 spiro atoms. The zero-order chi connectivity index (χ0) is 34.1. The van der Waals surface area contributed by atoms with Crippen molar-refractivity contribution in [1.82, 2.24) is 25.0 Å². The van der Waals surface area contributed by atoms with Crippen molar-refractivity contribution in [3.63, 3.8) is 0 Å². The van der Waals surface area contributed by atoms with Crippen LogP contribution < -0.4 is 5.32 Å². The summed E-state index contributed by atoms with van der Waals surface area (Å²) >= 11 is 6.22. The lowest BCUT2D eigenvalue weighted by Gasteiger charge is -2.40. The van der Waals surface area contributed by atoms with Crippen molar-refractivity contribution >= 4 is 23.1 Å². The minimum atomic E-state index is -1.55. The SMILES string of the molecule is CC[C@@H](CN(C(=O)Cl)[C@@H](c1nc(-c2cc(F)ccc2F)nn1Cc1ccccc1)C(C)(C)C)[C@@H](F)CNC(=O)OCc1ccccc1. The Kier molecular flexibility index (Phi) is 12.0. The molecule has 1 N–H and O–H groups in total. The molecule has 1 heterocycles. The quantitative estimate of drug-likeness (QED) is 0.114. The summed E-state index contributed by atoms with van der Waals surface area (Å²) in [6.45, 7) is 7.15. The number of amides is 2. The number of nitrogens with zero attached hydrogens (tertiary/aromatic N) is 4. The minimum absolute atomic E-state index is 0.0355. The summed E-state index contributed by atoms with van der Waals surface area (Å²) in [6, 6.07) is 20.6. The second kappa shape index (κ2) is 15.9. The Morgan fingerprint density at radius 1 is 1.00 bits per heavy atom. The molecule has 0 aliphatic heterocycles. The van der Waals surface area contributed by atoms with Crippen molar-refractivity contribution in [3.05, 3.63) is 107 Å². The molecule has 1 aromatic heterocycles. The van der Waals surface area contributed by atoms with E-state index in [0.717, 1.165) is 29.3 Å². The van der Waals surface area contributed by atoms with Gasteiger partial charge < -0.3 is 15.0 Å². The van der Waals surface area contributed by atoms with Crippen LogP contribution in [0.4, 0.5) is 22.8 Å². The molecule has 2 amide bonds. The largest absolute Gasteiger partial charge is 0.445 e. The second-order valence-corrected chi connectivity index (χ2v) is 12.7. The maximum atomic E-state index is 15.7. The predicted octanol–water partition coefficient (Wildman–Crippen LogP) is 8.31. The molecular weight excluding hydrogens is 631 g/mol. The standard InChI is InChI=1S/C35H39ClF3N5O3/c1-5-25(29(39)19-40-34(46)47-22-24-14-10-7-11-15-24)21-43(33(36)45)30(35(2,3)4)32-41-31(27-18-26(37)16-17-28(27)38)42-44(32)20-23-12-8-6-9-13-23/h6-18,25,29-30H,5,19-22H2,1-4H3,(H,40,46)/t25-,29-,30-/m0/s1. The zero-order valence-corrected chi connectivity index (χ0v) is 27.6. The molecule has 8 nitrogen and oxygen atoms in total. The molecule has 0 fully saturated rings. The smallest absolute Gasteiger partial charge is 0.407 e. The number of benzene rings is 3. The number of carbonyl (C=O) groups is 2. The number of nitrogens with one attached hydrogen (secondary N) is 1. The Hall–Kier alpha value is -4.38. The Morgan fingerprint density at radius 3 is 2.23 bits per heavy atom. The topological polar surface area (TPSA) is 89.4 Å². The van der Waals surface area contributed by atoms with Crippen LogP contribution in [0.1, 0.15) is 57.1 Å². The summed E-state index contributed by atoms with van der Waals surface area (Å²) in [4.78, 5) is 31.4. The van der Waals surface area contributed by atoms with E-state index in [1.54, 1.807) is 19.1 Å². The zero-order valence-electron chi connectivity index (χ0n) is 26.8. The van der Waals surface area contributed by atoms with Gasteiger partial charge in [0.15, 0.2) is 11.6 Å². The van der Waals surface area contributed by atoms with Crippen LogP contribution in [0.25, 0.3) is 11.4 Å². The highest BCUT2D eigenvalue weighted by Crippen LogP contribution is 2.40. The van der Waals surface area contributed by atoms with Gasteiger partial charge in [0, 0.05) is 12.5 Å². The van der Waals surface area contributed by atoms with Crippen molar-refractivity contribution in [3.8, 4) is 11.4 Å². The molecule has 0 saturated heterocycles. The first-order valence-electron chi connectivity index (χ1n) is 15.4. The van der Waals surface area contributed by atoms with E-state index in [2.05, 4.69) is 15.4 Å². The molecule has 0 bridgehead atoms. The molecule has 4 aromatic rings. The third-order valence-electron chi connectivity index (χ3n) is 7.77. The van der Waals surface area contributed by atoms with E-state index in [4.69, 9.17) is 16.3 Å². The second-order valence-electron chi connectivity index (χ2n) is 12.4. The number of alkyl carbamates (subject to hydrolysis) is 1. The van der Waals surface area contributed by atoms with Gasteiger partial charge in [-0.1, -0.05) is 88.4 Å². The number of ether oxygens (including phenoxy) is 1. The van der Waals surface area contributed by atoms with Crippen LogP contribution in [-0.4, -0.2) is 50.4 Å². The van der Waals surface area contributed by atoms with Gasteiger partial charge in [-0.2, -0.15) is 5.10 Å². The van der Waals surface area contributed by atoms with Gasteiger partial charge in [-0.3, -0.25) is 4.79 Å². The Labute approximate surface area is 277 Å². The Morgan fingerprint density at radius 2 is 1.64 bits per heavy atom. The maximum absolute atomic E-state index is 15.7. The highest BCUT2D eigenvalue weighted by Gasteiger charge is 2.40. The fourth-order valence-corrected chi connectivity index (χ4v) is 5.53. The number of halogens is 4. The molecule has 0 saturated carbocycles. The molecule has 0 radical (unpaired) electrons. The molecule has 4 rings (SSSR count). The van der Waals surface area contributed by atoms with Gasteiger partial charge >= 0.3 is 11.5 Å². The van der Waals surface area contributed by atoms with E-state index in [1.165, 1.54) is 9.58 Å². The fraction of sp³-hybridized carbons (Fsp3) is 0.371. The van der Waals surface area contributed by atoms with Gasteiger partial charge in [0.1, 0.15) is 24.4 Å². The molecule has 47 heavy (non-hydrogen) atoms. The molecule has 0 aliphatic carbocycles. The van der Waals surface area contributed by atoms with E-state index in [9.17, 15) is 18.4 Å². The van der Waals surface area contributed by atoms with Crippen LogP contribution in [0, 0.1) is 23.0 Å². The van der Waals surface area contributed by atoms with E-state index in [1.807, 2.05) is 69.3 Å². The lowest BCUT2D eigenvalue weighted by Crippen LogP contribution is -2.45. The van der Waals surface area contributed by atoms with E-state index in [-0.39, 0.29) is 43.5 Å². The lowest BCUT2D eigenvalue weighted by atomic mass is 9.84. The fourth-order valence-electron chi connectivity index (χ4n) is 5.36. The first-order chi connectivity index (χ1) is 22.4. The van der Waals surface area contributed by atoms with Crippen molar-refractivity contribution in [2.24, 2.45) is 11.3 Å². The summed E-state index contributed by atoms with van der Waals surface area (Å²) in [7, 11) is 0. The van der Waals surface area contributed by atoms with Crippen LogP contribution in [0.3, 0.4) is 0 Å². The number of carbonyl (C=O) groups excluding carboxylic acids is 2. The van der Waals surface area contributed by atoms with Crippen molar-refractivity contribution in [1.29, 1.82) is 0 Å². The van der Waals surface area contributed by atoms with Gasteiger partial charge in [-0.15, -0.1) is 0 Å². The number of alkyl halides is 1. The van der Waals surface area contributed by atoms with Crippen LogP contribution in [-0.2, 0) is 17.9 Å².